The van der Waals surface area contributed by atoms with Gasteiger partial charge in [0.05, 0.1) is 19.8 Å². The van der Waals surface area contributed by atoms with Crippen molar-refractivity contribution in [2.45, 2.75) is 19.3 Å². The van der Waals surface area contributed by atoms with Crippen LogP contribution in [0.5, 0.6) is 11.5 Å². The summed E-state index contributed by atoms with van der Waals surface area (Å²) in [6.07, 6.45) is 1.73. The summed E-state index contributed by atoms with van der Waals surface area (Å²) in [5, 5.41) is 27.5. The van der Waals surface area contributed by atoms with Crippen molar-refractivity contribution in [2.24, 2.45) is 0 Å². The maximum Gasteiger partial charge on any atom is 0.268 e. The van der Waals surface area contributed by atoms with E-state index in [9.17, 15) is 15.3 Å². The lowest BCUT2D eigenvalue weighted by atomic mass is 9.95. The summed E-state index contributed by atoms with van der Waals surface area (Å²) in [4.78, 5) is 14.5. The number of para-hydroxylation sites is 1. The van der Waals surface area contributed by atoms with Gasteiger partial charge in [0.1, 0.15) is 29.1 Å². The highest BCUT2D eigenvalue weighted by Gasteiger charge is 2.23. The number of nitrogens with two attached hydrogens (primary N) is 1. The Kier molecular flexibility index (Phi) is 6.41. The lowest BCUT2D eigenvalue weighted by Crippen LogP contribution is -2.16. The number of nitrogens with zero attached hydrogens (tertiary/aromatic N) is 3. The average molecular weight is 363 g/mol. The molecule has 8 nitrogen and oxygen atoms in total. The SMILES string of the molecule is COc1cccc(-c2c(C#N)c(N)[nH]c(=O)c2C#N)c1OCCCCC#N. The van der Waals surface area contributed by atoms with Crippen molar-refractivity contribution in [1.29, 1.82) is 15.8 Å². The quantitative estimate of drug-likeness (QED) is 0.717. The first kappa shape index (κ1) is 19.4. The van der Waals surface area contributed by atoms with Crippen LogP contribution < -0.4 is 20.8 Å². The Bertz CT molecular complexity index is 1020. The van der Waals surface area contributed by atoms with E-state index in [0.29, 0.717) is 42.9 Å². The summed E-state index contributed by atoms with van der Waals surface area (Å²) in [6, 6.07) is 10.8. The summed E-state index contributed by atoms with van der Waals surface area (Å²) in [5.74, 6) is 0.564. The first-order valence-electron chi connectivity index (χ1n) is 8.12. The highest BCUT2D eigenvalue weighted by molar-refractivity contribution is 5.85. The lowest BCUT2D eigenvalue weighted by Gasteiger charge is -2.17. The molecule has 0 aliphatic rings. The molecule has 2 rings (SSSR count). The second-order valence-corrected chi connectivity index (χ2v) is 5.52. The van der Waals surface area contributed by atoms with Crippen molar-refractivity contribution in [2.75, 3.05) is 19.5 Å². The second-order valence-electron chi connectivity index (χ2n) is 5.52. The number of nitrogens with one attached hydrogen (secondary N) is 1. The molecule has 0 fully saturated rings. The first-order chi connectivity index (χ1) is 13.1. The number of H-pyrrole nitrogens is 1. The van der Waals surface area contributed by atoms with Crippen LogP contribution in [0.2, 0.25) is 0 Å². The summed E-state index contributed by atoms with van der Waals surface area (Å²) in [7, 11) is 1.46. The van der Waals surface area contributed by atoms with E-state index in [1.165, 1.54) is 7.11 Å². The van der Waals surface area contributed by atoms with E-state index in [1.807, 2.05) is 12.1 Å². The molecule has 1 heterocycles. The Balaban J connectivity index is 2.64. The molecule has 0 saturated carbocycles. The number of aromatic amines is 1. The van der Waals surface area contributed by atoms with Gasteiger partial charge in [0, 0.05) is 17.5 Å². The molecular formula is C19H17N5O3. The minimum Gasteiger partial charge on any atom is -0.493 e. The molecule has 0 radical (unpaired) electrons. The van der Waals surface area contributed by atoms with Crippen LogP contribution in [-0.2, 0) is 0 Å². The minimum atomic E-state index is -0.688. The number of ether oxygens (including phenoxy) is 2. The summed E-state index contributed by atoms with van der Waals surface area (Å²) >= 11 is 0. The Labute approximate surface area is 156 Å². The third kappa shape index (κ3) is 4.00. The van der Waals surface area contributed by atoms with E-state index in [1.54, 1.807) is 18.2 Å². The van der Waals surface area contributed by atoms with Crippen LogP contribution in [-0.4, -0.2) is 18.7 Å². The topological polar surface area (TPSA) is 149 Å². The third-order valence-corrected chi connectivity index (χ3v) is 3.87. The van der Waals surface area contributed by atoms with Crippen LogP contribution in [0.25, 0.3) is 11.1 Å². The van der Waals surface area contributed by atoms with Crippen LogP contribution in [0.15, 0.2) is 23.0 Å². The zero-order chi connectivity index (χ0) is 19.8. The van der Waals surface area contributed by atoms with Crippen LogP contribution in [0.1, 0.15) is 30.4 Å². The van der Waals surface area contributed by atoms with Crippen LogP contribution in [0.4, 0.5) is 5.82 Å². The summed E-state index contributed by atoms with van der Waals surface area (Å²) in [5.41, 5.74) is 5.30. The predicted molar refractivity (Wildman–Crippen MR) is 97.9 cm³/mol. The van der Waals surface area contributed by atoms with Crippen molar-refractivity contribution >= 4 is 5.82 Å². The number of unbranched alkanes of at least 4 members (excludes halogenated alkanes) is 2. The number of nitrogen functional groups attached to an aromatic ring is 1. The highest BCUT2D eigenvalue weighted by Crippen LogP contribution is 2.41. The fourth-order valence-corrected chi connectivity index (χ4v) is 2.62. The fraction of sp³-hybridized carbons (Fsp3) is 0.263. The molecule has 0 atom stereocenters. The molecule has 0 aliphatic carbocycles. The van der Waals surface area contributed by atoms with Gasteiger partial charge >= 0.3 is 0 Å². The monoisotopic (exact) mass is 363 g/mol. The number of methoxy groups -OCH3 is 1. The van der Waals surface area contributed by atoms with Gasteiger partial charge in [-0.3, -0.25) is 4.79 Å². The maximum absolute atomic E-state index is 12.2. The molecular weight excluding hydrogens is 346 g/mol. The molecule has 8 heteroatoms. The van der Waals surface area contributed by atoms with Gasteiger partial charge in [0.2, 0.25) is 0 Å². The average Bonchev–Trinajstić information content (AvgIpc) is 2.67. The summed E-state index contributed by atoms with van der Waals surface area (Å²) < 4.78 is 11.2. The number of pyridine rings is 1. The number of rotatable bonds is 7. The number of anilines is 1. The maximum atomic E-state index is 12.2. The van der Waals surface area contributed by atoms with Crippen molar-refractivity contribution in [3.8, 4) is 40.8 Å². The Hall–Kier alpha value is -3.96. The Morgan fingerprint density at radius 2 is 1.89 bits per heavy atom. The van der Waals surface area contributed by atoms with Crippen molar-refractivity contribution in [1.82, 2.24) is 4.98 Å². The largest absolute Gasteiger partial charge is 0.493 e. The molecule has 136 valence electrons. The predicted octanol–water partition coefficient (Wildman–Crippen LogP) is 2.45. The number of nitriles is 3. The standard InChI is InChI=1S/C19H17N5O3/c1-26-15-7-5-6-12(17(15)27-9-4-2-3-8-20)16-13(10-21)18(23)24-19(25)14(16)11-22/h5-7H,2-4,9H2,1H3,(H3,23,24,25). The van der Waals surface area contributed by atoms with Gasteiger partial charge in [0.15, 0.2) is 11.5 Å². The molecule has 1 aromatic carbocycles. The number of hydrogen-bond donors (Lipinski definition) is 2. The van der Waals surface area contributed by atoms with E-state index >= 15 is 0 Å². The van der Waals surface area contributed by atoms with Crippen LogP contribution >= 0.6 is 0 Å². The van der Waals surface area contributed by atoms with Gasteiger partial charge in [-0.2, -0.15) is 15.8 Å². The Morgan fingerprint density at radius 1 is 1.15 bits per heavy atom. The van der Waals surface area contributed by atoms with Gasteiger partial charge in [-0.25, -0.2) is 0 Å². The van der Waals surface area contributed by atoms with E-state index < -0.39 is 5.56 Å². The summed E-state index contributed by atoms with van der Waals surface area (Å²) in [6.45, 7) is 0.303. The fourth-order valence-electron chi connectivity index (χ4n) is 2.62. The Morgan fingerprint density at radius 3 is 2.52 bits per heavy atom. The second kappa shape index (κ2) is 8.94. The molecule has 0 bridgehead atoms. The lowest BCUT2D eigenvalue weighted by molar-refractivity contribution is 0.288. The van der Waals surface area contributed by atoms with Gasteiger partial charge in [-0.05, 0) is 18.9 Å². The first-order valence-corrected chi connectivity index (χ1v) is 8.12. The third-order valence-electron chi connectivity index (χ3n) is 3.87. The normalized spacial score (nSPS) is 9.70. The van der Waals surface area contributed by atoms with Crippen LogP contribution in [0, 0.1) is 34.0 Å². The smallest absolute Gasteiger partial charge is 0.268 e. The van der Waals surface area contributed by atoms with Gasteiger partial charge in [0.25, 0.3) is 5.56 Å². The van der Waals surface area contributed by atoms with Crippen molar-refractivity contribution < 1.29 is 9.47 Å². The van der Waals surface area contributed by atoms with Gasteiger partial charge < -0.3 is 20.2 Å². The van der Waals surface area contributed by atoms with E-state index in [2.05, 4.69) is 11.1 Å². The molecule has 0 unspecified atom stereocenters. The molecule has 0 spiro atoms. The zero-order valence-electron chi connectivity index (χ0n) is 14.7. The molecule has 0 aliphatic heterocycles. The van der Waals surface area contributed by atoms with E-state index in [4.69, 9.17) is 20.5 Å². The molecule has 27 heavy (non-hydrogen) atoms. The van der Waals surface area contributed by atoms with Gasteiger partial charge in [-0.15, -0.1) is 0 Å². The number of aromatic nitrogens is 1. The molecule has 1 aromatic heterocycles. The van der Waals surface area contributed by atoms with E-state index in [-0.39, 0.29) is 22.5 Å². The molecule has 3 N–H and O–H groups in total. The van der Waals surface area contributed by atoms with E-state index in [0.717, 1.165) is 0 Å². The molecule has 0 saturated heterocycles. The van der Waals surface area contributed by atoms with Crippen molar-refractivity contribution in [3.63, 3.8) is 0 Å². The molecule has 0 amide bonds. The highest BCUT2D eigenvalue weighted by atomic mass is 16.5. The van der Waals surface area contributed by atoms with Crippen LogP contribution in [0.3, 0.4) is 0 Å². The number of hydrogen-bond acceptors (Lipinski definition) is 7. The zero-order valence-corrected chi connectivity index (χ0v) is 14.7. The van der Waals surface area contributed by atoms with Gasteiger partial charge in [-0.1, -0.05) is 12.1 Å². The molecule has 2 aromatic rings. The minimum absolute atomic E-state index is 0.0197. The van der Waals surface area contributed by atoms with Crippen molar-refractivity contribution in [3.05, 3.63) is 39.7 Å². The number of benzene rings is 1.